The summed E-state index contributed by atoms with van der Waals surface area (Å²) in [5.41, 5.74) is 1.00. The molecule has 0 aliphatic heterocycles. The number of anilines is 1. The Morgan fingerprint density at radius 2 is 2.24 bits per heavy atom. The van der Waals surface area contributed by atoms with Crippen LogP contribution in [-0.4, -0.2) is 14.9 Å². The maximum Gasteiger partial charge on any atom is 0.374 e. The number of hydrogen-bond acceptors (Lipinski definition) is 8. The van der Waals surface area contributed by atoms with Gasteiger partial charge in [0.1, 0.15) is 23.8 Å². The normalized spacial score (nSPS) is 9.76. The van der Waals surface area contributed by atoms with E-state index in [9.17, 15) is 14.5 Å². The first-order chi connectivity index (χ1) is 10.1. The van der Waals surface area contributed by atoms with E-state index in [0.29, 0.717) is 0 Å². The lowest BCUT2D eigenvalue weighted by molar-refractivity contribution is -0.385. The SMILES string of the molecule is N#Cc1c(F)cccc1Oc1ncnc(NN)c1[N+](=O)[O-]. The molecule has 0 spiro atoms. The molecular weight excluding hydrogens is 283 g/mol. The van der Waals surface area contributed by atoms with E-state index in [1.54, 1.807) is 6.07 Å². The number of nitrogens with two attached hydrogens (primary N) is 1. The highest BCUT2D eigenvalue weighted by molar-refractivity contribution is 5.61. The number of hydrogen-bond donors (Lipinski definition) is 2. The van der Waals surface area contributed by atoms with Crippen LogP contribution < -0.4 is 16.0 Å². The number of benzene rings is 1. The molecule has 9 nitrogen and oxygen atoms in total. The Bertz CT molecular complexity index is 745. The van der Waals surface area contributed by atoms with Gasteiger partial charge in [0.25, 0.3) is 0 Å². The fraction of sp³-hybridized carbons (Fsp3) is 0. The third-order valence-electron chi connectivity index (χ3n) is 2.40. The molecule has 1 aromatic heterocycles. The van der Waals surface area contributed by atoms with Gasteiger partial charge < -0.3 is 10.2 Å². The number of nitro groups is 1. The van der Waals surface area contributed by atoms with Crippen LogP contribution in [-0.2, 0) is 0 Å². The number of halogens is 1. The van der Waals surface area contributed by atoms with Crippen molar-refractivity contribution in [1.82, 2.24) is 9.97 Å². The highest BCUT2D eigenvalue weighted by atomic mass is 19.1. The van der Waals surface area contributed by atoms with Crippen LogP contribution in [0.5, 0.6) is 11.6 Å². The molecule has 1 aromatic carbocycles. The molecule has 106 valence electrons. The highest BCUT2D eigenvalue weighted by Crippen LogP contribution is 2.34. The van der Waals surface area contributed by atoms with Crippen LogP contribution in [0.2, 0.25) is 0 Å². The van der Waals surface area contributed by atoms with Crippen molar-refractivity contribution >= 4 is 11.5 Å². The quantitative estimate of drug-likeness (QED) is 0.490. The summed E-state index contributed by atoms with van der Waals surface area (Å²) in [6.45, 7) is 0. The van der Waals surface area contributed by atoms with Gasteiger partial charge in [0.15, 0.2) is 5.75 Å². The number of rotatable bonds is 4. The number of nitrogens with one attached hydrogen (secondary N) is 1. The van der Waals surface area contributed by atoms with Gasteiger partial charge in [-0.2, -0.15) is 10.2 Å². The molecule has 1 heterocycles. The zero-order valence-corrected chi connectivity index (χ0v) is 10.3. The van der Waals surface area contributed by atoms with Crippen molar-refractivity contribution in [2.75, 3.05) is 5.43 Å². The van der Waals surface area contributed by atoms with Gasteiger partial charge in [-0.15, -0.1) is 0 Å². The van der Waals surface area contributed by atoms with Crippen LogP contribution in [0, 0.1) is 27.3 Å². The van der Waals surface area contributed by atoms with Crippen molar-refractivity contribution in [3.05, 3.63) is 46.0 Å². The number of aromatic nitrogens is 2. The van der Waals surface area contributed by atoms with Gasteiger partial charge in [-0.05, 0) is 12.1 Å². The molecule has 0 amide bonds. The monoisotopic (exact) mass is 290 g/mol. The van der Waals surface area contributed by atoms with Crippen LogP contribution in [0.1, 0.15) is 5.56 Å². The average molecular weight is 290 g/mol. The van der Waals surface area contributed by atoms with Gasteiger partial charge >= 0.3 is 11.6 Å². The molecule has 3 N–H and O–H groups in total. The van der Waals surface area contributed by atoms with E-state index in [2.05, 4.69) is 9.97 Å². The second kappa shape index (κ2) is 5.76. The lowest BCUT2D eigenvalue weighted by atomic mass is 10.2. The first-order valence-electron chi connectivity index (χ1n) is 5.41. The third-order valence-corrected chi connectivity index (χ3v) is 2.40. The fourth-order valence-electron chi connectivity index (χ4n) is 1.51. The predicted octanol–water partition coefficient (Wildman–Crippen LogP) is 1.47. The van der Waals surface area contributed by atoms with E-state index < -0.39 is 27.9 Å². The smallest absolute Gasteiger partial charge is 0.374 e. The van der Waals surface area contributed by atoms with Crippen LogP contribution in [0.3, 0.4) is 0 Å². The van der Waals surface area contributed by atoms with Gasteiger partial charge in [0.2, 0.25) is 5.82 Å². The summed E-state index contributed by atoms with van der Waals surface area (Å²) in [5, 5.41) is 19.9. The minimum absolute atomic E-state index is 0.206. The topological polar surface area (TPSA) is 140 Å². The molecule has 0 bridgehead atoms. The molecule has 0 fully saturated rings. The Morgan fingerprint density at radius 3 is 2.86 bits per heavy atom. The summed E-state index contributed by atoms with van der Waals surface area (Å²) >= 11 is 0. The first kappa shape index (κ1) is 14.1. The number of ether oxygens (including phenoxy) is 1. The molecule has 0 saturated carbocycles. The molecule has 0 saturated heterocycles. The van der Waals surface area contributed by atoms with Gasteiger partial charge in [0, 0.05) is 0 Å². The van der Waals surface area contributed by atoms with Gasteiger partial charge in [-0.25, -0.2) is 15.2 Å². The van der Waals surface area contributed by atoms with Crippen molar-refractivity contribution in [3.8, 4) is 17.7 Å². The van der Waals surface area contributed by atoms with Gasteiger partial charge in [-0.3, -0.25) is 10.1 Å². The first-order valence-corrected chi connectivity index (χ1v) is 5.41. The average Bonchev–Trinajstić information content (AvgIpc) is 2.47. The van der Waals surface area contributed by atoms with E-state index in [0.717, 1.165) is 12.4 Å². The Hall–Kier alpha value is -3.32. The van der Waals surface area contributed by atoms with Crippen molar-refractivity contribution in [2.45, 2.75) is 0 Å². The van der Waals surface area contributed by atoms with Crippen molar-refractivity contribution in [2.24, 2.45) is 5.84 Å². The van der Waals surface area contributed by atoms with E-state index in [-0.39, 0.29) is 11.6 Å². The molecule has 0 unspecified atom stereocenters. The lowest BCUT2D eigenvalue weighted by Gasteiger charge is -2.08. The Kier molecular flexibility index (Phi) is 3.87. The zero-order chi connectivity index (χ0) is 15.4. The summed E-state index contributed by atoms with van der Waals surface area (Å²) in [5.74, 6) is 3.35. The standard InChI is InChI=1S/C11H7FN6O3/c12-7-2-1-3-8(6(7)4-13)21-11-9(18(19)20)10(17-14)15-5-16-11/h1-3,5H,14H2,(H,15,16,17). The van der Waals surface area contributed by atoms with Crippen LogP contribution in [0.25, 0.3) is 0 Å². The number of nitrogen functional groups attached to an aromatic ring is 1. The molecule has 0 aliphatic carbocycles. The fourth-order valence-corrected chi connectivity index (χ4v) is 1.51. The molecule has 21 heavy (non-hydrogen) atoms. The number of hydrazine groups is 1. The van der Waals surface area contributed by atoms with Crippen LogP contribution in [0.4, 0.5) is 15.9 Å². The molecule has 10 heteroatoms. The minimum Gasteiger partial charge on any atom is -0.432 e. The second-order valence-electron chi connectivity index (χ2n) is 3.60. The zero-order valence-electron chi connectivity index (χ0n) is 10.3. The van der Waals surface area contributed by atoms with Crippen molar-refractivity contribution in [1.29, 1.82) is 5.26 Å². The number of nitriles is 1. The van der Waals surface area contributed by atoms with Crippen molar-refractivity contribution < 1.29 is 14.1 Å². The third kappa shape index (κ3) is 2.67. The van der Waals surface area contributed by atoms with E-state index in [1.165, 1.54) is 12.1 Å². The highest BCUT2D eigenvalue weighted by Gasteiger charge is 2.25. The Balaban J connectivity index is 2.53. The second-order valence-corrected chi connectivity index (χ2v) is 3.60. The largest absolute Gasteiger partial charge is 0.432 e. The number of nitrogens with zero attached hydrogens (tertiary/aromatic N) is 4. The summed E-state index contributed by atoms with van der Waals surface area (Å²) in [6, 6.07) is 5.24. The Labute approximate surface area is 116 Å². The van der Waals surface area contributed by atoms with Gasteiger partial charge in [0.05, 0.1) is 4.92 Å². The van der Waals surface area contributed by atoms with E-state index >= 15 is 0 Å². The predicted molar refractivity (Wildman–Crippen MR) is 67.7 cm³/mol. The van der Waals surface area contributed by atoms with E-state index in [4.69, 9.17) is 15.8 Å². The maximum absolute atomic E-state index is 13.5. The molecule has 0 radical (unpaired) electrons. The van der Waals surface area contributed by atoms with Crippen LogP contribution in [0.15, 0.2) is 24.5 Å². The molecule has 2 aromatic rings. The Morgan fingerprint density at radius 1 is 1.48 bits per heavy atom. The molecule has 0 atom stereocenters. The molecule has 2 rings (SSSR count). The summed E-state index contributed by atoms with van der Waals surface area (Å²) < 4.78 is 18.6. The molecule has 0 aliphatic rings. The maximum atomic E-state index is 13.5. The van der Waals surface area contributed by atoms with E-state index in [1.807, 2.05) is 5.43 Å². The minimum atomic E-state index is -0.816. The van der Waals surface area contributed by atoms with Gasteiger partial charge in [-0.1, -0.05) is 6.07 Å². The van der Waals surface area contributed by atoms with Crippen molar-refractivity contribution in [3.63, 3.8) is 0 Å². The lowest BCUT2D eigenvalue weighted by Crippen LogP contribution is -2.12. The summed E-state index contributed by atoms with van der Waals surface area (Å²) in [6.07, 6.45) is 0.975. The summed E-state index contributed by atoms with van der Waals surface area (Å²) in [7, 11) is 0. The van der Waals surface area contributed by atoms with Crippen LogP contribution >= 0.6 is 0 Å². The molecular formula is C11H7FN6O3. The summed E-state index contributed by atoms with van der Waals surface area (Å²) in [4.78, 5) is 17.4.